The van der Waals surface area contributed by atoms with Crippen molar-refractivity contribution in [3.8, 4) is 0 Å². The van der Waals surface area contributed by atoms with Gasteiger partial charge < -0.3 is 4.52 Å². The third-order valence-corrected chi connectivity index (χ3v) is 5.35. The summed E-state index contributed by atoms with van der Waals surface area (Å²) in [6.45, 7) is 4.38. The zero-order valence-corrected chi connectivity index (χ0v) is 9.74. The summed E-state index contributed by atoms with van der Waals surface area (Å²) >= 11 is 1.50. The van der Waals surface area contributed by atoms with Crippen LogP contribution in [0.2, 0.25) is 0 Å². The van der Waals surface area contributed by atoms with Crippen LogP contribution in [-0.4, -0.2) is 13.3 Å². The van der Waals surface area contributed by atoms with Crippen LogP contribution in [0.1, 0.15) is 19.8 Å². The fourth-order valence-electron chi connectivity index (χ4n) is 0.948. The van der Waals surface area contributed by atoms with Crippen LogP contribution >= 0.6 is 18.7 Å². The summed E-state index contributed by atoms with van der Waals surface area (Å²) in [6, 6.07) is 3.77. The molecule has 1 aromatic heterocycles. The van der Waals surface area contributed by atoms with E-state index in [1.54, 1.807) is 6.66 Å². The van der Waals surface area contributed by atoms with Gasteiger partial charge in [-0.1, -0.05) is 19.4 Å². The van der Waals surface area contributed by atoms with Gasteiger partial charge in [0.2, 0.25) is 7.37 Å². The molecule has 1 atom stereocenters. The van der Waals surface area contributed by atoms with Gasteiger partial charge in [0.05, 0.1) is 11.2 Å². The van der Waals surface area contributed by atoms with Crippen LogP contribution in [0.25, 0.3) is 0 Å². The predicted molar refractivity (Wildman–Crippen MR) is 58.3 cm³/mol. The molecule has 4 heteroatoms. The molecule has 0 aliphatic rings. The van der Waals surface area contributed by atoms with Crippen LogP contribution in [-0.2, 0) is 9.09 Å². The Balaban J connectivity index is 2.52. The molecule has 0 saturated carbocycles. The van der Waals surface area contributed by atoms with Gasteiger partial charge in [-0.15, -0.1) is 11.3 Å². The van der Waals surface area contributed by atoms with Gasteiger partial charge in [0.15, 0.2) is 0 Å². The first kappa shape index (κ1) is 11.0. The SMILES string of the molecule is CCCCOP(C)(=O)c1cccs1. The summed E-state index contributed by atoms with van der Waals surface area (Å²) in [6.07, 6.45) is 2.05. The average molecular weight is 218 g/mol. The summed E-state index contributed by atoms with van der Waals surface area (Å²) in [5.74, 6) is 0. The van der Waals surface area contributed by atoms with Gasteiger partial charge in [0.1, 0.15) is 0 Å². The molecule has 0 aliphatic carbocycles. The second kappa shape index (κ2) is 4.94. The Morgan fingerprint density at radius 1 is 1.62 bits per heavy atom. The molecule has 0 aromatic carbocycles. The van der Waals surface area contributed by atoms with Crippen molar-refractivity contribution in [2.45, 2.75) is 19.8 Å². The van der Waals surface area contributed by atoms with Crippen molar-refractivity contribution in [2.75, 3.05) is 13.3 Å². The van der Waals surface area contributed by atoms with Crippen LogP contribution in [0.3, 0.4) is 0 Å². The van der Waals surface area contributed by atoms with Gasteiger partial charge in [0, 0.05) is 6.66 Å². The third kappa shape index (κ3) is 3.26. The molecule has 0 N–H and O–H groups in total. The Labute approximate surface area is 83.4 Å². The summed E-state index contributed by atoms with van der Waals surface area (Å²) in [5, 5.41) is 1.93. The smallest absolute Gasteiger partial charge is 0.238 e. The topological polar surface area (TPSA) is 26.3 Å². The lowest BCUT2D eigenvalue weighted by Gasteiger charge is -2.11. The van der Waals surface area contributed by atoms with Gasteiger partial charge in [-0.2, -0.15) is 0 Å². The Kier molecular flexibility index (Phi) is 4.17. The van der Waals surface area contributed by atoms with Crippen molar-refractivity contribution in [2.24, 2.45) is 0 Å². The highest BCUT2D eigenvalue weighted by molar-refractivity contribution is 7.72. The first-order chi connectivity index (χ1) is 6.17. The first-order valence-corrected chi connectivity index (χ1v) is 7.38. The maximum atomic E-state index is 11.9. The van der Waals surface area contributed by atoms with E-state index in [-0.39, 0.29) is 0 Å². The molecule has 0 saturated heterocycles. The van der Waals surface area contributed by atoms with E-state index < -0.39 is 7.37 Å². The molecule has 1 rings (SSSR count). The van der Waals surface area contributed by atoms with Crippen molar-refractivity contribution in [3.05, 3.63) is 17.5 Å². The Hall–Kier alpha value is -0.110. The molecule has 0 radical (unpaired) electrons. The lowest BCUT2D eigenvalue weighted by molar-refractivity contribution is 0.316. The van der Waals surface area contributed by atoms with Gasteiger partial charge in [-0.05, 0) is 17.9 Å². The van der Waals surface area contributed by atoms with E-state index in [0.29, 0.717) is 6.61 Å². The Morgan fingerprint density at radius 2 is 2.38 bits per heavy atom. The second-order valence-electron chi connectivity index (χ2n) is 2.98. The highest BCUT2D eigenvalue weighted by Gasteiger charge is 2.19. The molecule has 0 fully saturated rings. The maximum absolute atomic E-state index is 11.9. The van der Waals surface area contributed by atoms with Crippen molar-refractivity contribution in [1.82, 2.24) is 0 Å². The average Bonchev–Trinajstić information content (AvgIpc) is 2.56. The van der Waals surface area contributed by atoms with Crippen LogP contribution in [0.15, 0.2) is 17.5 Å². The van der Waals surface area contributed by atoms with E-state index in [2.05, 4.69) is 6.92 Å². The lowest BCUT2D eigenvalue weighted by atomic mass is 10.4. The monoisotopic (exact) mass is 218 g/mol. The van der Waals surface area contributed by atoms with E-state index in [1.165, 1.54) is 11.3 Å². The van der Waals surface area contributed by atoms with Crippen molar-refractivity contribution < 1.29 is 9.09 Å². The van der Waals surface area contributed by atoms with Crippen LogP contribution in [0.5, 0.6) is 0 Å². The number of unbranched alkanes of at least 4 members (excludes halogenated alkanes) is 1. The minimum atomic E-state index is -2.51. The van der Waals surface area contributed by atoms with E-state index in [4.69, 9.17) is 4.52 Å². The normalized spacial score (nSPS) is 15.5. The number of hydrogen-bond acceptors (Lipinski definition) is 3. The van der Waals surface area contributed by atoms with Gasteiger partial charge in [-0.3, -0.25) is 4.57 Å². The molecule has 0 bridgehead atoms. The first-order valence-electron chi connectivity index (χ1n) is 4.43. The molecule has 1 heterocycles. The largest absolute Gasteiger partial charge is 0.325 e. The van der Waals surface area contributed by atoms with Crippen LogP contribution in [0.4, 0.5) is 0 Å². The Bertz CT molecular complexity index is 282. The fourth-order valence-corrected chi connectivity index (χ4v) is 3.47. The quantitative estimate of drug-likeness (QED) is 0.560. The van der Waals surface area contributed by atoms with Gasteiger partial charge in [-0.25, -0.2) is 0 Å². The van der Waals surface area contributed by atoms with Gasteiger partial charge in [0.25, 0.3) is 0 Å². The molecule has 0 amide bonds. The highest BCUT2D eigenvalue weighted by atomic mass is 32.1. The molecule has 74 valence electrons. The van der Waals surface area contributed by atoms with E-state index in [1.807, 2.05) is 17.5 Å². The Morgan fingerprint density at radius 3 is 2.92 bits per heavy atom. The minimum absolute atomic E-state index is 0.599. The van der Waals surface area contributed by atoms with E-state index in [9.17, 15) is 4.57 Å². The summed E-state index contributed by atoms with van der Waals surface area (Å²) in [7, 11) is -2.51. The summed E-state index contributed by atoms with van der Waals surface area (Å²) in [5.41, 5.74) is 0. The molecule has 1 unspecified atom stereocenters. The number of thiophene rings is 1. The molecular formula is C9H15O2PS. The standard InChI is InChI=1S/C9H15O2PS/c1-3-4-7-11-12(2,10)9-6-5-8-13-9/h5-6,8H,3-4,7H2,1-2H3. The highest BCUT2D eigenvalue weighted by Crippen LogP contribution is 2.42. The maximum Gasteiger partial charge on any atom is 0.238 e. The summed E-state index contributed by atoms with van der Waals surface area (Å²) in [4.78, 5) is 0. The van der Waals surface area contributed by atoms with Crippen molar-refractivity contribution in [1.29, 1.82) is 0 Å². The van der Waals surface area contributed by atoms with Crippen molar-refractivity contribution >= 4 is 23.3 Å². The number of hydrogen-bond donors (Lipinski definition) is 0. The van der Waals surface area contributed by atoms with Gasteiger partial charge >= 0.3 is 0 Å². The zero-order valence-electron chi connectivity index (χ0n) is 8.03. The summed E-state index contributed by atoms with van der Waals surface area (Å²) < 4.78 is 18.2. The predicted octanol–water partition coefficient (Wildman–Crippen LogP) is 3.10. The zero-order chi connectivity index (χ0) is 9.73. The second-order valence-corrected chi connectivity index (χ2v) is 6.67. The van der Waals surface area contributed by atoms with E-state index in [0.717, 1.165) is 17.5 Å². The minimum Gasteiger partial charge on any atom is -0.325 e. The molecule has 0 aliphatic heterocycles. The van der Waals surface area contributed by atoms with Crippen molar-refractivity contribution in [3.63, 3.8) is 0 Å². The fraction of sp³-hybridized carbons (Fsp3) is 0.556. The van der Waals surface area contributed by atoms with E-state index >= 15 is 0 Å². The molecule has 1 aromatic rings. The van der Waals surface area contributed by atoms with Crippen LogP contribution < -0.4 is 4.62 Å². The third-order valence-electron chi connectivity index (χ3n) is 1.74. The lowest BCUT2D eigenvalue weighted by Crippen LogP contribution is -2.02. The molecular weight excluding hydrogens is 203 g/mol. The number of rotatable bonds is 5. The molecule has 13 heavy (non-hydrogen) atoms. The molecule has 2 nitrogen and oxygen atoms in total. The molecule has 0 spiro atoms. The van der Waals surface area contributed by atoms with Crippen LogP contribution in [0, 0.1) is 0 Å².